The van der Waals surface area contributed by atoms with E-state index in [0.29, 0.717) is 0 Å². The van der Waals surface area contributed by atoms with Gasteiger partial charge in [-0.05, 0) is 44.7 Å². The molecule has 0 aliphatic heterocycles. The topological polar surface area (TPSA) is 28.4 Å². The minimum absolute atomic E-state index is 0. The maximum atomic E-state index is 5.23. The lowest BCUT2D eigenvalue weighted by atomic mass is 10.3. The van der Waals surface area contributed by atoms with E-state index >= 15 is 0 Å². The monoisotopic (exact) mass is 282 g/mol. The summed E-state index contributed by atoms with van der Waals surface area (Å²) in [5.74, 6) is 1.01. The Morgan fingerprint density at radius 2 is 1.94 bits per heavy atom. The molecule has 1 rings (SSSR count). The first-order valence-corrected chi connectivity index (χ1v) is 5.82. The molecule has 1 heterocycles. The van der Waals surface area contributed by atoms with Crippen LogP contribution < -0.4 is 5.32 Å². The van der Waals surface area contributed by atoms with Gasteiger partial charge in [-0.25, -0.2) is 0 Å². The largest absolute Gasteiger partial charge is 0.468 e. The first-order valence-electron chi connectivity index (χ1n) is 5.82. The minimum Gasteiger partial charge on any atom is -0.468 e. The van der Waals surface area contributed by atoms with E-state index in [1.54, 1.807) is 6.26 Å². The molecule has 0 amide bonds. The Bertz CT molecular complexity index is 239. The zero-order valence-electron chi connectivity index (χ0n) is 10.6. The number of halogens is 2. The number of nitrogens with zero attached hydrogens (tertiary/aromatic N) is 1. The number of nitrogens with one attached hydrogen (secondary N) is 1. The van der Waals surface area contributed by atoms with Gasteiger partial charge in [-0.3, -0.25) is 0 Å². The van der Waals surface area contributed by atoms with Gasteiger partial charge < -0.3 is 14.6 Å². The third-order valence-corrected chi connectivity index (χ3v) is 2.60. The van der Waals surface area contributed by atoms with Crippen LogP contribution in [0.1, 0.15) is 26.0 Å². The van der Waals surface area contributed by atoms with Crippen molar-refractivity contribution in [3.05, 3.63) is 24.2 Å². The summed E-state index contributed by atoms with van der Waals surface area (Å²) in [5.41, 5.74) is 0. The highest BCUT2D eigenvalue weighted by Gasteiger charge is 1.98. The Morgan fingerprint density at radius 3 is 2.47 bits per heavy atom. The fraction of sp³-hybridized carbons (Fsp3) is 0.667. The third-order valence-electron chi connectivity index (χ3n) is 2.60. The van der Waals surface area contributed by atoms with Gasteiger partial charge in [-0.15, -0.1) is 24.8 Å². The average molecular weight is 283 g/mol. The van der Waals surface area contributed by atoms with Crippen molar-refractivity contribution >= 4 is 24.8 Å². The first kappa shape index (κ1) is 19.1. The second-order valence-corrected chi connectivity index (χ2v) is 3.64. The van der Waals surface area contributed by atoms with E-state index in [2.05, 4.69) is 24.1 Å². The van der Waals surface area contributed by atoms with Gasteiger partial charge in [0.05, 0.1) is 12.8 Å². The summed E-state index contributed by atoms with van der Waals surface area (Å²) in [5, 5.41) is 3.37. The van der Waals surface area contributed by atoms with E-state index in [1.807, 2.05) is 12.1 Å². The van der Waals surface area contributed by atoms with Gasteiger partial charge in [0.15, 0.2) is 0 Å². The number of hydrogen-bond donors (Lipinski definition) is 1. The molecule has 0 bridgehead atoms. The fourth-order valence-corrected chi connectivity index (χ4v) is 1.59. The highest BCUT2D eigenvalue weighted by molar-refractivity contribution is 5.85. The SMILES string of the molecule is CCN(CC)CCCNCc1ccco1.Cl.Cl. The Balaban J connectivity index is 0. The van der Waals surface area contributed by atoms with Crippen LogP contribution in [0.4, 0.5) is 0 Å². The average Bonchev–Trinajstić information content (AvgIpc) is 2.76. The lowest BCUT2D eigenvalue weighted by Crippen LogP contribution is -2.27. The predicted octanol–water partition coefficient (Wildman–Crippen LogP) is 2.94. The summed E-state index contributed by atoms with van der Waals surface area (Å²) in [6.07, 6.45) is 2.91. The number of furan rings is 1. The van der Waals surface area contributed by atoms with Crippen LogP contribution in [-0.4, -0.2) is 31.1 Å². The maximum Gasteiger partial charge on any atom is 0.117 e. The minimum atomic E-state index is 0. The zero-order chi connectivity index (χ0) is 10.9. The molecule has 0 saturated carbocycles. The van der Waals surface area contributed by atoms with Gasteiger partial charge in [0.1, 0.15) is 5.76 Å². The van der Waals surface area contributed by atoms with Crippen LogP contribution in [0.15, 0.2) is 22.8 Å². The normalized spacial score (nSPS) is 9.82. The van der Waals surface area contributed by atoms with Crippen LogP contribution >= 0.6 is 24.8 Å². The highest BCUT2D eigenvalue weighted by Crippen LogP contribution is 1.98. The van der Waals surface area contributed by atoms with Gasteiger partial charge in [-0.1, -0.05) is 13.8 Å². The first-order chi connectivity index (χ1) is 7.36. The second-order valence-electron chi connectivity index (χ2n) is 3.64. The summed E-state index contributed by atoms with van der Waals surface area (Å²) in [7, 11) is 0. The van der Waals surface area contributed by atoms with Crippen molar-refractivity contribution in [3.63, 3.8) is 0 Å². The maximum absolute atomic E-state index is 5.23. The lowest BCUT2D eigenvalue weighted by Gasteiger charge is -2.17. The molecule has 102 valence electrons. The molecule has 3 nitrogen and oxygen atoms in total. The number of hydrogen-bond acceptors (Lipinski definition) is 3. The molecule has 0 aliphatic rings. The third kappa shape index (κ3) is 8.50. The van der Waals surface area contributed by atoms with Crippen molar-refractivity contribution in [2.24, 2.45) is 0 Å². The molecule has 0 aliphatic carbocycles. The van der Waals surface area contributed by atoms with Crippen molar-refractivity contribution in [3.8, 4) is 0 Å². The van der Waals surface area contributed by atoms with Gasteiger partial charge in [0, 0.05) is 0 Å². The molecule has 0 atom stereocenters. The van der Waals surface area contributed by atoms with E-state index in [4.69, 9.17) is 4.42 Å². The molecule has 0 fully saturated rings. The summed E-state index contributed by atoms with van der Waals surface area (Å²) >= 11 is 0. The van der Waals surface area contributed by atoms with Crippen LogP contribution in [0.2, 0.25) is 0 Å². The standard InChI is InChI=1S/C12H22N2O.2ClH/c1-3-14(4-2)9-6-8-13-11-12-7-5-10-15-12;;/h5,7,10,13H,3-4,6,8-9,11H2,1-2H3;2*1H. The lowest BCUT2D eigenvalue weighted by molar-refractivity contribution is 0.297. The molecule has 1 N–H and O–H groups in total. The smallest absolute Gasteiger partial charge is 0.117 e. The van der Waals surface area contributed by atoms with Gasteiger partial charge in [0.2, 0.25) is 0 Å². The van der Waals surface area contributed by atoms with Crippen molar-refractivity contribution in [2.75, 3.05) is 26.2 Å². The van der Waals surface area contributed by atoms with Crippen LogP contribution in [-0.2, 0) is 6.54 Å². The molecular weight excluding hydrogens is 259 g/mol. The Morgan fingerprint density at radius 1 is 1.24 bits per heavy atom. The van der Waals surface area contributed by atoms with E-state index < -0.39 is 0 Å². The van der Waals surface area contributed by atoms with Gasteiger partial charge in [-0.2, -0.15) is 0 Å². The summed E-state index contributed by atoms with van der Waals surface area (Å²) in [4.78, 5) is 2.44. The molecule has 0 unspecified atom stereocenters. The zero-order valence-corrected chi connectivity index (χ0v) is 12.3. The molecule has 0 aromatic carbocycles. The molecule has 5 heteroatoms. The summed E-state index contributed by atoms with van der Waals surface area (Å²) in [6.45, 7) is 9.78. The van der Waals surface area contributed by atoms with Crippen molar-refractivity contribution in [1.29, 1.82) is 0 Å². The van der Waals surface area contributed by atoms with E-state index in [-0.39, 0.29) is 24.8 Å². The van der Waals surface area contributed by atoms with Gasteiger partial charge >= 0.3 is 0 Å². The molecule has 1 aromatic heterocycles. The van der Waals surface area contributed by atoms with Crippen molar-refractivity contribution in [1.82, 2.24) is 10.2 Å². The van der Waals surface area contributed by atoms with Gasteiger partial charge in [0.25, 0.3) is 0 Å². The van der Waals surface area contributed by atoms with E-state index in [1.165, 1.54) is 13.0 Å². The molecule has 0 saturated heterocycles. The predicted molar refractivity (Wildman–Crippen MR) is 77.3 cm³/mol. The summed E-state index contributed by atoms with van der Waals surface area (Å²) in [6, 6.07) is 3.92. The summed E-state index contributed by atoms with van der Waals surface area (Å²) < 4.78 is 5.23. The molecular formula is C12H24Cl2N2O. The van der Waals surface area contributed by atoms with Crippen LogP contribution in [0.3, 0.4) is 0 Å². The fourth-order valence-electron chi connectivity index (χ4n) is 1.59. The number of rotatable bonds is 8. The second kappa shape index (κ2) is 12.2. The van der Waals surface area contributed by atoms with Crippen LogP contribution in [0.5, 0.6) is 0 Å². The molecule has 1 aromatic rings. The highest BCUT2D eigenvalue weighted by atomic mass is 35.5. The molecule has 17 heavy (non-hydrogen) atoms. The molecule has 0 spiro atoms. The Kier molecular flexibility index (Phi) is 13.8. The Hall–Kier alpha value is -0.220. The van der Waals surface area contributed by atoms with Crippen LogP contribution in [0.25, 0.3) is 0 Å². The van der Waals surface area contributed by atoms with E-state index in [9.17, 15) is 0 Å². The Labute approximate surface area is 117 Å². The molecule has 0 radical (unpaired) electrons. The van der Waals surface area contributed by atoms with Crippen molar-refractivity contribution in [2.45, 2.75) is 26.8 Å². The quantitative estimate of drug-likeness (QED) is 0.744. The van der Waals surface area contributed by atoms with Crippen LogP contribution in [0, 0.1) is 0 Å². The van der Waals surface area contributed by atoms with Crippen molar-refractivity contribution < 1.29 is 4.42 Å². The van der Waals surface area contributed by atoms with E-state index in [0.717, 1.165) is 31.9 Å².